The summed E-state index contributed by atoms with van der Waals surface area (Å²) in [5, 5.41) is 11.1. The Kier molecular flexibility index (Phi) is 7.55. The van der Waals surface area contributed by atoms with E-state index in [-0.39, 0.29) is 18.4 Å². The number of hydrogen-bond acceptors (Lipinski definition) is 3. The third-order valence-electron chi connectivity index (χ3n) is 2.79. The van der Waals surface area contributed by atoms with Crippen LogP contribution in [-0.2, 0) is 9.59 Å². The molecule has 0 aliphatic carbocycles. The topological polar surface area (TPSA) is 90.0 Å². The number of aliphatic carboxylic acids is 1. The smallest absolute Gasteiger partial charge is 0.317 e. The molecule has 0 radical (unpaired) electrons. The maximum atomic E-state index is 11.8. The molecule has 0 saturated carbocycles. The first-order valence-electron chi connectivity index (χ1n) is 6.28. The molecule has 0 bridgehead atoms. The van der Waals surface area contributed by atoms with Gasteiger partial charge in [0.1, 0.15) is 6.04 Å². The summed E-state index contributed by atoms with van der Waals surface area (Å²) in [6, 6.07) is -0.977. The molecule has 0 aliphatic heterocycles. The molecule has 0 aliphatic rings. The van der Waals surface area contributed by atoms with Crippen LogP contribution in [0.3, 0.4) is 0 Å². The molecule has 3 amide bonds. The van der Waals surface area contributed by atoms with Crippen LogP contribution in [0.2, 0.25) is 0 Å². The molecule has 0 rings (SSSR count). The van der Waals surface area contributed by atoms with Gasteiger partial charge in [0, 0.05) is 33.6 Å². The minimum atomic E-state index is -0.887. The van der Waals surface area contributed by atoms with Crippen molar-refractivity contribution in [1.82, 2.24) is 15.1 Å². The lowest BCUT2D eigenvalue weighted by Gasteiger charge is -2.23. The summed E-state index contributed by atoms with van der Waals surface area (Å²) >= 11 is 0. The Morgan fingerprint density at radius 3 is 2.26 bits per heavy atom. The van der Waals surface area contributed by atoms with Gasteiger partial charge in [-0.25, -0.2) is 4.79 Å². The first-order valence-corrected chi connectivity index (χ1v) is 6.28. The molecule has 7 nitrogen and oxygen atoms in total. The van der Waals surface area contributed by atoms with Crippen molar-refractivity contribution in [2.45, 2.75) is 32.7 Å². The van der Waals surface area contributed by atoms with E-state index >= 15 is 0 Å². The number of carbonyl (C=O) groups is 3. The lowest BCUT2D eigenvalue weighted by atomic mass is 10.3. The lowest BCUT2D eigenvalue weighted by molar-refractivity contribution is -0.137. The summed E-state index contributed by atoms with van der Waals surface area (Å²) in [5.41, 5.74) is 0. The average Bonchev–Trinajstić information content (AvgIpc) is 2.35. The standard InChI is InChI=1S/C12H23N3O4/c1-5-14(3)11(18)9(2)13-12(19)15(4)8-6-7-10(16)17/h9H,5-8H2,1-4H3,(H,13,19)(H,16,17). The Hall–Kier alpha value is -1.79. The molecular formula is C12H23N3O4. The van der Waals surface area contributed by atoms with Crippen molar-refractivity contribution in [1.29, 1.82) is 0 Å². The van der Waals surface area contributed by atoms with Crippen LogP contribution >= 0.6 is 0 Å². The van der Waals surface area contributed by atoms with E-state index in [2.05, 4.69) is 5.32 Å². The number of carbonyl (C=O) groups excluding carboxylic acids is 2. The third kappa shape index (κ3) is 6.64. The summed E-state index contributed by atoms with van der Waals surface area (Å²) in [4.78, 5) is 36.7. The highest BCUT2D eigenvalue weighted by atomic mass is 16.4. The highest BCUT2D eigenvalue weighted by Gasteiger charge is 2.20. The third-order valence-corrected chi connectivity index (χ3v) is 2.79. The van der Waals surface area contributed by atoms with Crippen molar-refractivity contribution in [3.8, 4) is 0 Å². The molecule has 19 heavy (non-hydrogen) atoms. The van der Waals surface area contributed by atoms with Gasteiger partial charge in [-0.05, 0) is 20.3 Å². The molecule has 0 fully saturated rings. The van der Waals surface area contributed by atoms with Crippen LogP contribution in [0.1, 0.15) is 26.7 Å². The number of amides is 3. The number of rotatable bonds is 7. The molecule has 1 atom stereocenters. The van der Waals surface area contributed by atoms with Crippen molar-refractivity contribution in [2.24, 2.45) is 0 Å². The van der Waals surface area contributed by atoms with Gasteiger partial charge in [0.15, 0.2) is 0 Å². The number of nitrogens with one attached hydrogen (secondary N) is 1. The number of nitrogens with zero attached hydrogens (tertiary/aromatic N) is 2. The summed E-state index contributed by atoms with van der Waals surface area (Å²) in [6.07, 6.45) is 0.404. The summed E-state index contributed by atoms with van der Waals surface area (Å²) in [5.74, 6) is -1.04. The SMILES string of the molecule is CCN(C)C(=O)C(C)NC(=O)N(C)CCCC(=O)O. The second-order valence-electron chi connectivity index (χ2n) is 4.44. The van der Waals surface area contributed by atoms with Crippen LogP contribution in [0.25, 0.3) is 0 Å². The zero-order chi connectivity index (χ0) is 15.0. The molecule has 0 spiro atoms. The lowest BCUT2D eigenvalue weighted by Crippen LogP contribution is -2.49. The van der Waals surface area contributed by atoms with E-state index in [1.807, 2.05) is 6.92 Å². The first kappa shape index (κ1) is 17.2. The maximum absolute atomic E-state index is 11.8. The number of carboxylic acids is 1. The Labute approximate surface area is 113 Å². The quantitative estimate of drug-likeness (QED) is 0.700. The molecule has 7 heteroatoms. The van der Waals surface area contributed by atoms with Gasteiger partial charge in [-0.2, -0.15) is 0 Å². The highest BCUT2D eigenvalue weighted by molar-refractivity contribution is 5.86. The monoisotopic (exact) mass is 273 g/mol. The van der Waals surface area contributed by atoms with Gasteiger partial charge in [0.25, 0.3) is 0 Å². The highest BCUT2D eigenvalue weighted by Crippen LogP contribution is 1.96. The zero-order valence-corrected chi connectivity index (χ0v) is 12.0. The predicted octanol–water partition coefficient (Wildman–Crippen LogP) is 0.359. The van der Waals surface area contributed by atoms with Crippen molar-refractivity contribution in [3.05, 3.63) is 0 Å². The predicted molar refractivity (Wildman–Crippen MR) is 70.8 cm³/mol. The van der Waals surface area contributed by atoms with E-state index in [1.165, 1.54) is 9.80 Å². The maximum Gasteiger partial charge on any atom is 0.317 e. The van der Waals surface area contributed by atoms with Crippen LogP contribution in [-0.4, -0.2) is 66.0 Å². The van der Waals surface area contributed by atoms with E-state index in [0.717, 1.165) is 0 Å². The number of carboxylic acid groups (broad SMARTS) is 1. The van der Waals surface area contributed by atoms with E-state index < -0.39 is 12.0 Å². The molecule has 0 aromatic rings. The Bertz CT molecular complexity index is 333. The molecule has 0 heterocycles. The van der Waals surface area contributed by atoms with Gasteiger partial charge in [-0.3, -0.25) is 9.59 Å². The van der Waals surface area contributed by atoms with Crippen molar-refractivity contribution in [3.63, 3.8) is 0 Å². The van der Waals surface area contributed by atoms with E-state index in [4.69, 9.17) is 5.11 Å². The van der Waals surface area contributed by atoms with Gasteiger partial charge < -0.3 is 20.2 Å². The van der Waals surface area contributed by atoms with Crippen LogP contribution in [0.15, 0.2) is 0 Å². The van der Waals surface area contributed by atoms with Crippen molar-refractivity contribution in [2.75, 3.05) is 27.2 Å². The minimum Gasteiger partial charge on any atom is -0.481 e. The van der Waals surface area contributed by atoms with E-state index in [9.17, 15) is 14.4 Å². The number of likely N-dealkylation sites (N-methyl/N-ethyl adjacent to an activating group) is 1. The second kappa shape index (κ2) is 8.34. The summed E-state index contributed by atoms with van der Waals surface area (Å²) in [7, 11) is 3.24. The number of hydrogen-bond donors (Lipinski definition) is 2. The fraction of sp³-hybridized carbons (Fsp3) is 0.750. The van der Waals surface area contributed by atoms with Gasteiger partial charge in [0.2, 0.25) is 5.91 Å². The Balaban J connectivity index is 4.14. The Morgan fingerprint density at radius 1 is 1.21 bits per heavy atom. The first-order chi connectivity index (χ1) is 8.79. The normalized spacial score (nSPS) is 11.6. The Morgan fingerprint density at radius 2 is 1.79 bits per heavy atom. The molecule has 2 N–H and O–H groups in total. The minimum absolute atomic E-state index is 0.0185. The molecule has 0 aromatic carbocycles. The summed E-state index contributed by atoms with van der Waals surface area (Å²) < 4.78 is 0. The van der Waals surface area contributed by atoms with Crippen molar-refractivity contribution < 1.29 is 19.5 Å². The second-order valence-corrected chi connectivity index (χ2v) is 4.44. The van der Waals surface area contributed by atoms with Gasteiger partial charge in [-0.15, -0.1) is 0 Å². The van der Waals surface area contributed by atoms with Crippen LogP contribution in [0.4, 0.5) is 4.79 Å². The van der Waals surface area contributed by atoms with Crippen LogP contribution in [0.5, 0.6) is 0 Å². The van der Waals surface area contributed by atoms with Crippen molar-refractivity contribution >= 4 is 17.9 Å². The molecule has 0 saturated heterocycles. The molecule has 1 unspecified atom stereocenters. The zero-order valence-electron chi connectivity index (χ0n) is 12.0. The fourth-order valence-electron chi connectivity index (χ4n) is 1.41. The van der Waals surface area contributed by atoms with E-state index in [1.54, 1.807) is 21.0 Å². The number of urea groups is 1. The van der Waals surface area contributed by atoms with Crippen LogP contribution in [0, 0.1) is 0 Å². The molecule has 110 valence electrons. The van der Waals surface area contributed by atoms with Gasteiger partial charge >= 0.3 is 12.0 Å². The average molecular weight is 273 g/mol. The molecule has 0 aromatic heterocycles. The summed E-state index contributed by atoms with van der Waals surface area (Å²) in [6.45, 7) is 4.39. The molecular weight excluding hydrogens is 250 g/mol. The van der Waals surface area contributed by atoms with Gasteiger partial charge in [0.05, 0.1) is 0 Å². The van der Waals surface area contributed by atoms with E-state index in [0.29, 0.717) is 19.5 Å². The van der Waals surface area contributed by atoms with Crippen LogP contribution < -0.4 is 5.32 Å². The fourth-order valence-corrected chi connectivity index (χ4v) is 1.41. The van der Waals surface area contributed by atoms with Gasteiger partial charge in [-0.1, -0.05) is 0 Å². The largest absolute Gasteiger partial charge is 0.481 e.